The van der Waals surface area contributed by atoms with E-state index in [0.717, 1.165) is 19.3 Å². The molecule has 0 saturated heterocycles. The van der Waals surface area contributed by atoms with Gasteiger partial charge in [-0.3, -0.25) is 0 Å². The van der Waals surface area contributed by atoms with Crippen LogP contribution in [0.2, 0.25) is 0 Å². The summed E-state index contributed by atoms with van der Waals surface area (Å²) in [5.74, 6) is 0.561. The Bertz CT molecular complexity index is 396. The van der Waals surface area contributed by atoms with E-state index in [1.165, 1.54) is 19.0 Å². The number of ether oxygens (including phenoxy) is 1. The molecule has 0 aliphatic heterocycles. The fourth-order valence-corrected chi connectivity index (χ4v) is 2.12. The van der Waals surface area contributed by atoms with Crippen molar-refractivity contribution < 1.29 is 4.74 Å². The third kappa shape index (κ3) is 3.18. The summed E-state index contributed by atoms with van der Waals surface area (Å²) >= 11 is 0. The van der Waals surface area contributed by atoms with Crippen LogP contribution in [0.4, 0.5) is 0 Å². The fourth-order valence-electron chi connectivity index (χ4n) is 2.12. The Kier molecular flexibility index (Phi) is 3.94. The molecular weight excluding hydrogens is 214 g/mol. The minimum atomic E-state index is 0.0536. The maximum Gasteiger partial charge on any atom is 0.213 e. The Labute approximate surface area is 101 Å². The highest BCUT2D eigenvalue weighted by molar-refractivity contribution is 5.28. The van der Waals surface area contributed by atoms with Gasteiger partial charge in [0.25, 0.3) is 0 Å². The molecule has 4 nitrogen and oxygen atoms in total. The van der Waals surface area contributed by atoms with E-state index in [4.69, 9.17) is 15.7 Å². The van der Waals surface area contributed by atoms with E-state index in [9.17, 15) is 0 Å². The van der Waals surface area contributed by atoms with Crippen LogP contribution in [0.15, 0.2) is 18.3 Å². The maximum atomic E-state index is 8.68. The molecule has 2 N–H and O–H groups in total. The van der Waals surface area contributed by atoms with Gasteiger partial charge in [0.2, 0.25) is 5.88 Å². The Morgan fingerprint density at radius 1 is 1.29 bits per heavy atom. The van der Waals surface area contributed by atoms with Gasteiger partial charge in [0.15, 0.2) is 0 Å². The van der Waals surface area contributed by atoms with Crippen LogP contribution in [0.3, 0.4) is 0 Å². The van der Waals surface area contributed by atoms with Gasteiger partial charge in [-0.05, 0) is 25.3 Å². The van der Waals surface area contributed by atoms with Crippen molar-refractivity contribution in [3.63, 3.8) is 0 Å². The van der Waals surface area contributed by atoms with Gasteiger partial charge in [-0.25, -0.2) is 4.98 Å². The molecule has 0 aromatic carbocycles. The van der Waals surface area contributed by atoms with Crippen LogP contribution in [0.5, 0.6) is 5.88 Å². The second-order valence-corrected chi connectivity index (χ2v) is 4.46. The summed E-state index contributed by atoms with van der Waals surface area (Å²) in [5.41, 5.74) is 6.62. The van der Waals surface area contributed by atoms with Crippen LogP contribution in [-0.2, 0) is 0 Å². The van der Waals surface area contributed by atoms with Gasteiger partial charge < -0.3 is 10.5 Å². The number of hydrogen-bond acceptors (Lipinski definition) is 4. The summed E-state index contributed by atoms with van der Waals surface area (Å²) < 4.78 is 5.80. The number of rotatable bonds is 2. The first-order valence-corrected chi connectivity index (χ1v) is 6.08. The smallest absolute Gasteiger partial charge is 0.213 e. The SMILES string of the molecule is N#Cc1ccc(OC2CCCCCC2N)nc1. The average Bonchev–Trinajstić information content (AvgIpc) is 2.56. The highest BCUT2D eigenvalue weighted by Crippen LogP contribution is 2.21. The molecule has 90 valence electrons. The second kappa shape index (κ2) is 5.65. The van der Waals surface area contributed by atoms with Crippen LogP contribution >= 0.6 is 0 Å². The summed E-state index contributed by atoms with van der Waals surface area (Å²) in [4.78, 5) is 4.11. The average molecular weight is 231 g/mol. The van der Waals surface area contributed by atoms with Crippen LogP contribution in [0.1, 0.15) is 37.7 Å². The molecule has 1 fully saturated rings. The summed E-state index contributed by atoms with van der Waals surface area (Å²) in [6, 6.07) is 5.57. The zero-order valence-electron chi connectivity index (χ0n) is 9.80. The molecule has 1 aliphatic rings. The second-order valence-electron chi connectivity index (χ2n) is 4.46. The Hall–Kier alpha value is -1.60. The van der Waals surface area contributed by atoms with E-state index in [0.29, 0.717) is 11.4 Å². The minimum absolute atomic E-state index is 0.0536. The lowest BCUT2D eigenvalue weighted by molar-refractivity contribution is 0.156. The number of hydrogen-bond donors (Lipinski definition) is 1. The molecule has 1 heterocycles. The van der Waals surface area contributed by atoms with Gasteiger partial charge in [-0.15, -0.1) is 0 Å². The Morgan fingerprint density at radius 3 is 2.82 bits per heavy atom. The van der Waals surface area contributed by atoms with Crippen molar-refractivity contribution >= 4 is 0 Å². The van der Waals surface area contributed by atoms with Crippen LogP contribution in [0.25, 0.3) is 0 Å². The molecule has 1 aromatic heterocycles. The van der Waals surface area contributed by atoms with Crippen molar-refractivity contribution in [1.82, 2.24) is 4.98 Å². The zero-order chi connectivity index (χ0) is 12.1. The van der Waals surface area contributed by atoms with Crippen LogP contribution < -0.4 is 10.5 Å². The molecule has 2 atom stereocenters. The predicted molar refractivity (Wildman–Crippen MR) is 64.4 cm³/mol. The number of aromatic nitrogens is 1. The summed E-state index contributed by atoms with van der Waals surface area (Å²) in [7, 11) is 0. The van der Waals surface area contributed by atoms with E-state index < -0.39 is 0 Å². The lowest BCUT2D eigenvalue weighted by atomic mass is 10.1. The largest absolute Gasteiger partial charge is 0.473 e. The number of pyridine rings is 1. The topological polar surface area (TPSA) is 71.9 Å². The van der Waals surface area contributed by atoms with Crippen molar-refractivity contribution in [2.75, 3.05) is 0 Å². The fraction of sp³-hybridized carbons (Fsp3) is 0.538. The van der Waals surface area contributed by atoms with Gasteiger partial charge in [0, 0.05) is 18.3 Å². The highest BCUT2D eigenvalue weighted by Gasteiger charge is 2.22. The molecule has 0 spiro atoms. The number of nitrogens with zero attached hydrogens (tertiary/aromatic N) is 2. The van der Waals surface area contributed by atoms with Gasteiger partial charge in [-0.1, -0.05) is 12.8 Å². The normalized spacial score (nSPS) is 24.7. The van der Waals surface area contributed by atoms with Crippen molar-refractivity contribution in [2.45, 2.75) is 44.2 Å². The third-order valence-corrected chi connectivity index (χ3v) is 3.14. The molecular formula is C13H17N3O. The van der Waals surface area contributed by atoms with Crippen molar-refractivity contribution in [2.24, 2.45) is 5.73 Å². The Balaban J connectivity index is 2.01. The molecule has 1 aliphatic carbocycles. The van der Waals surface area contributed by atoms with Gasteiger partial charge in [0.05, 0.1) is 5.56 Å². The predicted octanol–water partition coefficient (Wildman–Crippen LogP) is 1.99. The monoisotopic (exact) mass is 231 g/mol. The van der Waals surface area contributed by atoms with Crippen molar-refractivity contribution in [3.05, 3.63) is 23.9 Å². The van der Waals surface area contributed by atoms with Gasteiger partial charge >= 0.3 is 0 Å². The maximum absolute atomic E-state index is 8.68. The van der Waals surface area contributed by atoms with E-state index in [1.54, 1.807) is 12.1 Å². The number of nitriles is 1. The van der Waals surface area contributed by atoms with Crippen LogP contribution in [-0.4, -0.2) is 17.1 Å². The van der Waals surface area contributed by atoms with E-state index >= 15 is 0 Å². The first kappa shape index (κ1) is 11.9. The summed E-state index contributed by atoms with van der Waals surface area (Å²) in [5, 5.41) is 8.68. The summed E-state index contributed by atoms with van der Waals surface area (Å²) in [6.45, 7) is 0. The molecule has 4 heteroatoms. The first-order chi connectivity index (χ1) is 8.29. The quantitative estimate of drug-likeness (QED) is 0.790. The molecule has 0 amide bonds. The van der Waals surface area contributed by atoms with E-state index in [1.807, 2.05) is 6.07 Å². The van der Waals surface area contributed by atoms with Crippen molar-refractivity contribution in [3.8, 4) is 11.9 Å². The summed E-state index contributed by atoms with van der Waals surface area (Å²) in [6.07, 6.45) is 7.16. The molecule has 1 aromatic rings. The molecule has 1 saturated carbocycles. The molecule has 2 unspecified atom stereocenters. The van der Waals surface area contributed by atoms with Crippen molar-refractivity contribution in [1.29, 1.82) is 5.26 Å². The minimum Gasteiger partial charge on any atom is -0.473 e. The van der Waals surface area contributed by atoms with Crippen LogP contribution in [0, 0.1) is 11.3 Å². The first-order valence-electron chi connectivity index (χ1n) is 6.08. The third-order valence-electron chi connectivity index (χ3n) is 3.14. The highest BCUT2D eigenvalue weighted by atomic mass is 16.5. The standard InChI is InChI=1S/C13H17N3O/c14-8-10-6-7-13(16-9-10)17-12-5-3-1-2-4-11(12)15/h6-7,9,11-12H,1-5,15H2. The molecule has 2 rings (SSSR count). The van der Waals surface area contributed by atoms with Gasteiger partial charge in [-0.2, -0.15) is 5.26 Å². The van der Waals surface area contributed by atoms with E-state index in [-0.39, 0.29) is 12.1 Å². The molecule has 17 heavy (non-hydrogen) atoms. The lowest BCUT2D eigenvalue weighted by Gasteiger charge is -2.22. The number of nitrogens with two attached hydrogens (primary N) is 1. The Morgan fingerprint density at radius 2 is 2.12 bits per heavy atom. The lowest BCUT2D eigenvalue weighted by Crippen LogP contribution is -2.38. The molecule has 0 bridgehead atoms. The zero-order valence-corrected chi connectivity index (χ0v) is 9.80. The molecule has 0 radical (unpaired) electrons. The van der Waals surface area contributed by atoms with E-state index in [2.05, 4.69) is 4.98 Å². The van der Waals surface area contributed by atoms with Gasteiger partial charge in [0.1, 0.15) is 12.2 Å².